The fraction of sp³-hybridized carbons (Fsp3) is 0.0952. The Balaban J connectivity index is 0.000000180. The first-order chi connectivity index (χ1) is 15.7. The topological polar surface area (TPSA) is 170 Å². The number of rotatable bonds is 2. The van der Waals surface area contributed by atoms with Crippen molar-refractivity contribution in [1.29, 1.82) is 0 Å². The molecule has 2 amide bonds. The van der Waals surface area contributed by atoms with Crippen LogP contribution in [0, 0.1) is 0 Å². The van der Waals surface area contributed by atoms with E-state index in [2.05, 4.69) is 14.4 Å². The fourth-order valence-corrected chi connectivity index (χ4v) is 5.04. The van der Waals surface area contributed by atoms with Crippen LogP contribution in [0.5, 0.6) is 0 Å². The summed E-state index contributed by atoms with van der Waals surface area (Å²) in [5.74, 6) is -1.35. The Bertz CT molecular complexity index is 1310. The largest absolute Gasteiger partial charge is 2.00 e. The summed E-state index contributed by atoms with van der Waals surface area (Å²) in [6.07, 6.45) is 2.66. The van der Waals surface area contributed by atoms with Gasteiger partial charge in [0.1, 0.15) is 20.0 Å². The van der Waals surface area contributed by atoms with Gasteiger partial charge in [0.15, 0.2) is 0 Å². The van der Waals surface area contributed by atoms with Gasteiger partial charge in [-0.25, -0.2) is 16.8 Å². The number of aromatic nitrogens is 1. The molecule has 2 N–H and O–H groups in total. The minimum Gasteiger partial charge on any atom is -0.537 e. The molecule has 2 aromatic carbocycles. The summed E-state index contributed by atoms with van der Waals surface area (Å²) in [6.45, 7) is 0.678. The number of hydrogen-bond acceptors (Lipinski definition) is 8. The van der Waals surface area contributed by atoms with Crippen LogP contribution in [0.25, 0.3) is 9.44 Å². The Labute approximate surface area is 209 Å². The van der Waals surface area contributed by atoms with Gasteiger partial charge in [-0.3, -0.25) is 4.98 Å². The van der Waals surface area contributed by atoms with Gasteiger partial charge in [0, 0.05) is 29.4 Å². The number of amides is 2. The van der Waals surface area contributed by atoms with E-state index in [9.17, 15) is 26.4 Å². The average molecular weight is 552 g/mol. The predicted octanol–water partition coefficient (Wildman–Crippen LogP) is 2.39. The van der Waals surface area contributed by atoms with E-state index in [1.54, 1.807) is 30.5 Å². The first-order valence-electron chi connectivity index (χ1n) is 9.48. The van der Waals surface area contributed by atoms with Crippen molar-refractivity contribution in [2.24, 2.45) is 5.73 Å². The van der Waals surface area contributed by atoms with Crippen LogP contribution in [0.2, 0.25) is 0 Å². The maximum absolute atomic E-state index is 11.1. The van der Waals surface area contributed by atoms with Crippen molar-refractivity contribution in [2.75, 3.05) is 6.54 Å². The first-order valence-corrected chi connectivity index (χ1v) is 12.4. The van der Waals surface area contributed by atoms with Gasteiger partial charge in [-0.05, 0) is 30.8 Å². The Kier molecular flexibility index (Phi) is 9.16. The monoisotopic (exact) mass is 550 g/mol. The minimum atomic E-state index is -3.68. The number of pyridine rings is 1. The fourth-order valence-electron chi connectivity index (χ4n) is 2.85. The van der Waals surface area contributed by atoms with Gasteiger partial charge in [0.05, 0.1) is 21.6 Å². The van der Waals surface area contributed by atoms with Crippen LogP contribution >= 0.6 is 0 Å². The van der Waals surface area contributed by atoms with Crippen molar-refractivity contribution in [3.63, 3.8) is 0 Å². The number of fused-ring (bicyclic) bond motifs is 2. The summed E-state index contributed by atoms with van der Waals surface area (Å²) in [7, 11) is -7.36. The molecular formula is C21H18N4O6S2Zn. The zero-order valence-corrected chi connectivity index (χ0v) is 22.3. The minimum absolute atomic E-state index is 0. The predicted molar refractivity (Wildman–Crippen MR) is 120 cm³/mol. The third kappa shape index (κ3) is 6.32. The number of benzene rings is 2. The van der Waals surface area contributed by atoms with E-state index in [0.29, 0.717) is 6.54 Å². The number of carbonyl (C=O) groups is 2. The van der Waals surface area contributed by atoms with Crippen LogP contribution in [0.4, 0.5) is 0 Å². The molecule has 0 unspecified atom stereocenters. The Hall–Kier alpha value is -2.99. The molecule has 3 heterocycles. The third-order valence-corrected chi connectivity index (χ3v) is 6.96. The van der Waals surface area contributed by atoms with Gasteiger partial charge >= 0.3 is 19.5 Å². The van der Waals surface area contributed by atoms with E-state index in [4.69, 9.17) is 5.73 Å². The molecule has 3 aromatic rings. The summed E-state index contributed by atoms with van der Waals surface area (Å²) >= 11 is 0. The van der Waals surface area contributed by atoms with Crippen LogP contribution in [-0.4, -0.2) is 40.2 Å². The average Bonchev–Trinajstić information content (AvgIpc) is 3.18. The summed E-state index contributed by atoms with van der Waals surface area (Å²) < 4.78 is 50.3. The number of nitrogens with zero attached hydrogens (tertiary/aromatic N) is 3. The second-order valence-electron chi connectivity index (χ2n) is 6.60. The maximum Gasteiger partial charge on any atom is 2.00 e. The Morgan fingerprint density at radius 3 is 1.53 bits per heavy atom. The molecule has 172 valence electrons. The van der Waals surface area contributed by atoms with E-state index < -0.39 is 31.9 Å². The molecule has 10 nitrogen and oxygen atoms in total. The molecule has 5 rings (SSSR count). The van der Waals surface area contributed by atoms with Gasteiger partial charge in [-0.15, -0.1) is 0 Å². The smallest absolute Gasteiger partial charge is 0.537 e. The Morgan fingerprint density at radius 2 is 1.15 bits per heavy atom. The molecule has 0 spiro atoms. The molecule has 2 aliphatic heterocycles. The van der Waals surface area contributed by atoms with Gasteiger partial charge in [0.2, 0.25) is 0 Å². The molecule has 0 aliphatic carbocycles. The first kappa shape index (κ1) is 27.3. The molecule has 0 bridgehead atoms. The van der Waals surface area contributed by atoms with Gasteiger partial charge in [0.25, 0.3) is 0 Å². The van der Waals surface area contributed by atoms with Crippen LogP contribution < -0.4 is 5.73 Å². The van der Waals surface area contributed by atoms with E-state index >= 15 is 0 Å². The molecule has 1 aromatic heterocycles. The molecule has 34 heavy (non-hydrogen) atoms. The standard InChI is InChI=1S/C7H10N2.2C7H5NO3S.Zn/c8-5-4-7-3-1-2-6-9-7;2*9-7-5-3-1-2-4-6(5)12(10,11)8-7;/h1-3,6H,4-5,8H2;2*1-4H,(H,8,9);/q;;;+2/p-2. The summed E-state index contributed by atoms with van der Waals surface area (Å²) in [5, 5.41) is 0. The summed E-state index contributed by atoms with van der Waals surface area (Å²) in [4.78, 5) is 26.0. The Morgan fingerprint density at radius 1 is 0.706 bits per heavy atom. The quantitative estimate of drug-likeness (QED) is 0.473. The van der Waals surface area contributed by atoms with E-state index in [1.807, 2.05) is 18.2 Å². The number of carbonyl (C=O) groups excluding carboxylic acids is 2. The molecule has 0 saturated carbocycles. The second kappa shape index (κ2) is 11.4. The third-order valence-electron chi connectivity index (χ3n) is 4.32. The molecular weight excluding hydrogens is 534 g/mol. The zero-order chi connectivity index (χ0) is 24.1. The van der Waals surface area contributed by atoms with Crippen LogP contribution in [0.3, 0.4) is 0 Å². The van der Waals surface area contributed by atoms with Gasteiger partial charge < -0.3 is 24.8 Å². The van der Waals surface area contributed by atoms with Crippen molar-refractivity contribution in [2.45, 2.75) is 16.2 Å². The van der Waals surface area contributed by atoms with Gasteiger partial charge in [-0.1, -0.05) is 42.5 Å². The summed E-state index contributed by atoms with van der Waals surface area (Å²) in [6, 6.07) is 17.8. The number of hydrogen-bond donors (Lipinski definition) is 1. The van der Waals surface area contributed by atoms with Crippen LogP contribution in [0.15, 0.2) is 82.7 Å². The van der Waals surface area contributed by atoms with Gasteiger partial charge in [-0.2, -0.15) is 0 Å². The zero-order valence-electron chi connectivity index (χ0n) is 17.7. The van der Waals surface area contributed by atoms with Crippen molar-refractivity contribution >= 4 is 31.9 Å². The molecule has 0 atom stereocenters. The normalized spacial score (nSPS) is 15.6. The van der Waals surface area contributed by atoms with Crippen LogP contribution in [0.1, 0.15) is 26.4 Å². The van der Waals surface area contributed by atoms with Crippen molar-refractivity contribution in [1.82, 2.24) is 4.98 Å². The molecule has 13 heteroatoms. The maximum atomic E-state index is 11.1. The second-order valence-corrected chi connectivity index (χ2v) is 9.74. The van der Waals surface area contributed by atoms with Crippen molar-refractivity contribution in [3.05, 3.63) is 99.2 Å². The van der Waals surface area contributed by atoms with Crippen molar-refractivity contribution in [3.8, 4) is 0 Å². The summed E-state index contributed by atoms with van der Waals surface area (Å²) in [5.41, 5.74) is 6.72. The SMILES string of the molecule is NCCc1ccccn1.O=C1[N-]S(=O)(=O)c2ccccc21.O=C1[N-]S(=O)(=O)c2ccccc21.[Zn+2]. The molecule has 0 saturated heterocycles. The number of sulfonamides is 2. The van der Waals surface area contributed by atoms with E-state index in [-0.39, 0.29) is 40.4 Å². The molecule has 0 fully saturated rings. The van der Waals surface area contributed by atoms with E-state index in [1.165, 1.54) is 24.3 Å². The van der Waals surface area contributed by atoms with E-state index in [0.717, 1.165) is 12.1 Å². The molecule has 2 aliphatic rings. The molecule has 0 radical (unpaired) electrons. The van der Waals surface area contributed by atoms with Crippen molar-refractivity contribution < 1.29 is 45.9 Å². The number of nitrogens with two attached hydrogens (primary N) is 1. The van der Waals surface area contributed by atoms with Crippen LogP contribution in [-0.2, 0) is 45.9 Å².